The summed E-state index contributed by atoms with van der Waals surface area (Å²) < 4.78 is 32.8. The molecule has 0 radical (unpaired) electrons. The first kappa shape index (κ1) is 18.1. The SMILES string of the molecule is O=S(O)NCCC1CCN(c2cc(-c3ccc4c(c3)OCO4)ncn2)CC1. The molecule has 2 aromatic rings. The van der Waals surface area contributed by atoms with Crippen LogP contribution in [-0.2, 0) is 11.3 Å². The first-order valence-electron chi connectivity index (χ1n) is 9.00. The van der Waals surface area contributed by atoms with E-state index in [1.54, 1.807) is 6.33 Å². The van der Waals surface area contributed by atoms with Gasteiger partial charge in [0.05, 0.1) is 5.69 Å². The molecule has 1 unspecified atom stereocenters. The summed E-state index contributed by atoms with van der Waals surface area (Å²) in [6, 6.07) is 7.83. The molecule has 144 valence electrons. The average Bonchev–Trinajstić information content (AvgIpc) is 3.16. The molecule has 4 rings (SSSR count). The predicted molar refractivity (Wildman–Crippen MR) is 102 cm³/mol. The molecule has 9 heteroatoms. The molecule has 2 N–H and O–H groups in total. The van der Waals surface area contributed by atoms with Crippen LogP contribution < -0.4 is 19.1 Å². The molecule has 1 saturated heterocycles. The van der Waals surface area contributed by atoms with Crippen molar-refractivity contribution in [3.63, 3.8) is 0 Å². The zero-order chi connectivity index (χ0) is 18.6. The highest BCUT2D eigenvalue weighted by Crippen LogP contribution is 2.36. The normalized spacial score (nSPS) is 17.9. The number of benzene rings is 1. The minimum atomic E-state index is -1.92. The number of fused-ring (bicyclic) bond motifs is 1. The van der Waals surface area contributed by atoms with E-state index < -0.39 is 11.3 Å². The Morgan fingerprint density at radius 1 is 1.19 bits per heavy atom. The van der Waals surface area contributed by atoms with Gasteiger partial charge in [-0.15, -0.1) is 0 Å². The Morgan fingerprint density at radius 2 is 2.00 bits per heavy atom. The number of nitrogens with one attached hydrogen (secondary N) is 1. The molecular weight excluding hydrogens is 368 g/mol. The second-order valence-corrected chi connectivity index (χ2v) is 7.48. The standard InChI is InChI=1S/C18H22N4O4S/c23-27(24)21-6-3-13-4-7-22(8-5-13)18-10-15(19-11-20-18)14-1-2-16-17(9-14)26-12-25-16/h1-2,9-11,13,21H,3-8,12H2,(H,23,24). The molecule has 1 atom stereocenters. The van der Waals surface area contributed by atoms with Gasteiger partial charge in [-0.2, -0.15) is 0 Å². The van der Waals surface area contributed by atoms with Crippen LogP contribution in [0.25, 0.3) is 11.3 Å². The van der Waals surface area contributed by atoms with Gasteiger partial charge in [0.2, 0.25) is 18.1 Å². The number of anilines is 1. The Balaban J connectivity index is 1.39. The molecule has 1 fully saturated rings. The van der Waals surface area contributed by atoms with E-state index in [1.165, 1.54) is 0 Å². The Morgan fingerprint density at radius 3 is 2.81 bits per heavy atom. The maximum absolute atomic E-state index is 10.7. The summed E-state index contributed by atoms with van der Waals surface area (Å²) in [4.78, 5) is 11.1. The summed E-state index contributed by atoms with van der Waals surface area (Å²) in [6.07, 6.45) is 4.60. The highest BCUT2D eigenvalue weighted by molar-refractivity contribution is 7.77. The summed E-state index contributed by atoms with van der Waals surface area (Å²) >= 11 is -1.92. The minimum Gasteiger partial charge on any atom is -0.454 e. The van der Waals surface area contributed by atoms with E-state index in [-0.39, 0.29) is 6.79 Å². The van der Waals surface area contributed by atoms with Gasteiger partial charge >= 0.3 is 0 Å². The highest BCUT2D eigenvalue weighted by atomic mass is 32.2. The van der Waals surface area contributed by atoms with Crippen LogP contribution in [0.2, 0.25) is 0 Å². The third-order valence-electron chi connectivity index (χ3n) is 5.04. The van der Waals surface area contributed by atoms with Crippen LogP contribution in [0.15, 0.2) is 30.6 Å². The summed E-state index contributed by atoms with van der Waals surface area (Å²) in [5.74, 6) is 2.98. The minimum absolute atomic E-state index is 0.256. The Kier molecular flexibility index (Phi) is 5.51. The lowest BCUT2D eigenvalue weighted by Crippen LogP contribution is -2.35. The predicted octanol–water partition coefficient (Wildman–Crippen LogP) is 2.21. The lowest BCUT2D eigenvalue weighted by atomic mass is 9.93. The molecule has 27 heavy (non-hydrogen) atoms. The summed E-state index contributed by atoms with van der Waals surface area (Å²) in [6.45, 7) is 2.66. The van der Waals surface area contributed by atoms with Crippen LogP contribution in [-0.4, -0.2) is 45.2 Å². The lowest BCUT2D eigenvalue weighted by Gasteiger charge is -2.32. The fraction of sp³-hybridized carbons (Fsp3) is 0.444. The molecule has 1 aromatic carbocycles. The summed E-state index contributed by atoms with van der Waals surface area (Å²) in [5.41, 5.74) is 1.83. The van der Waals surface area contributed by atoms with E-state index >= 15 is 0 Å². The first-order chi connectivity index (χ1) is 13.2. The van der Waals surface area contributed by atoms with Gasteiger partial charge in [0.15, 0.2) is 11.5 Å². The van der Waals surface area contributed by atoms with Crippen molar-refractivity contribution < 1.29 is 18.2 Å². The van der Waals surface area contributed by atoms with Crippen molar-refractivity contribution in [2.75, 3.05) is 31.3 Å². The van der Waals surface area contributed by atoms with Gasteiger partial charge in [0.25, 0.3) is 0 Å². The van der Waals surface area contributed by atoms with Crippen molar-refractivity contribution in [1.29, 1.82) is 0 Å². The van der Waals surface area contributed by atoms with E-state index in [0.29, 0.717) is 12.5 Å². The van der Waals surface area contributed by atoms with E-state index in [0.717, 1.165) is 60.9 Å². The van der Waals surface area contributed by atoms with Crippen LogP contribution in [0.5, 0.6) is 11.5 Å². The molecule has 0 aliphatic carbocycles. The lowest BCUT2D eigenvalue weighted by molar-refractivity contribution is 0.174. The van der Waals surface area contributed by atoms with Crippen molar-refractivity contribution >= 4 is 17.1 Å². The van der Waals surface area contributed by atoms with Crippen molar-refractivity contribution in [2.24, 2.45) is 5.92 Å². The molecule has 2 aliphatic heterocycles. The van der Waals surface area contributed by atoms with Gasteiger partial charge in [-0.25, -0.2) is 18.9 Å². The zero-order valence-electron chi connectivity index (χ0n) is 14.8. The van der Waals surface area contributed by atoms with Gasteiger partial charge < -0.3 is 14.4 Å². The highest BCUT2D eigenvalue weighted by Gasteiger charge is 2.21. The van der Waals surface area contributed by atoms with Crippen LogP contribution >= 0.6 is 0 Å². The molecule has 0 bridgehead atoms. The largest absolute Gasteiger partial charge is 0.454 e. The van der Waals surface area contributed by atoms with E-state index in [9.17, 15) is 4.21 Å². The second-order valence-electron chi connectivity index (χ2n) is 6.69. The molecule has 1 aromatic heterocycles. The Bertz CT molecular complexity index is 827. The summed E-state index contributed by atoms with van der Waals surface area (Å²) in [5, 5.41) is 0. The van der Waals surface area contributed by atoms with Gasteiger partial charge in [-0.1, -0.05) is 0 Å². The smallest absolute Gasteiger partial charge is 0.231 e. The maximum Gasteiger partial charge on any atom is 0.231 e. The molecule has 0 spiro atoms. The molecule has 3 heterocycles. The monoisotopic (exact) mass is 390 g/mol. The molecule has 0 saturated carbocycles. The van der Waals surface area contributed by atoms with Crippen LogP contribution in [0, 0.1) is 5.92 Å². The molecule has 8 nitrogen and oxygen atoms in total. The van der Waals surface area contributed by atoms with Gasteiger partial charge in [0.1, 0.15) is 12.1 Å². The first-order valence-corrected chi connectivity index (χ1v) is 10.1. The quantitative estimate of drug-likeness (QED) is 0.730. The number of hydrogen-bond acceptors (Lipinski definition) is 6. The van der Waals surface area contributed by atoms with Gasteiger partial charge in [-0.3, -0.25) is 4.55 Å². The number of piperidine rings is 1. The fourth-order valence-corrected chi connectivity index (χ4v) is 3.83. The number of hydrogen-bond donors (Lipinski definition) is 2. The Labute approximate surface area is 160 Å². The van der Waals surface area contributed by atoms with E-state index in [1.807, 2.05) is 24.3 Å². The van der Waals surface area contributed by atoms with Crippen molar-refractivity contribution in [2.45, 2.75) is 19.3 Å². The number of aromatic nitrogens is 2. The van der Waals surface area contributed by atoms with Crippen molar-refractivity contribution in [1.82, 2.24) is 14.7 Å². The average molecular weight is 390 g/mol. The van der Waals surface area contributed by atoms with Crippen molar-refractivity contribution in [3.8, 4) is 22.8 Å². The third-order valence-corrected chi connectivity index (χ3v) is 5.49. The Hall–Kier alpha value is -2.23. The van der Waals surface area contributed by atoms with Gasteiger partial charge in [-0.05, 0) is 43.4 Å². The van der Waals surface area contributed by atoms with Crippen LogP contribution in [0.1, 0.15) is 19.3 Å². The topological polar surface area (TPSA) is 96.8 Å². The molecule has 2 aliphatic rings. The van der Waals surface area contributed by atoms with Crippen LogP contribution in [0.3, 0.4) is 0 Å². The van der Waals surface area contributed by atoms with E-state index in [4.69, 9.17) is 14.0 Å². The van der Waals surface area contributed by atoms with Crippen molar-refractivity contribution in [3.05, 3.63) is 30.6 Å². The third kappa shape index (κ3) is 4.37. The van der Waals surface area contributed by atoms with E-state index in [2.05, 4.69) is 19.6 Å². The molecule has 0 amide bonds. The number of rotatable bonds is 6. The number of nitrogens with zero attached hydrogens (tertiary/aromatic N) is 3. The number of ether oxygens (including phenoxy) is 2. The second kappa shape index (κ2) is 8.20. The maximum atomic E-state index is 10.7. The fourth-order valence-electron chi connectivity index (χ4n) is 3.53. The van der Waals surface area contributed by atoms with Crippen LogP contribution in [0.4, 0.5) is 5.82 Å². The zero-order valence-corrected chi connectivity index (χ0v) is 15.7. The summed E-state index contributed by atoms with van der Waals surface area (Å²) in [7, 11) is 0. The van der Waals surface area contributed by atoms with Gasteiger partial charge in [0, 0.05) is 31.3 Å². The molecular formula is C18H22N4O4S.